The molecular formula is C17H12ClN3O3S. The fourth-order valence-electron chi connectivity index (χ4n) is 2.52. The Kier molecular flexibility index (Phi) is 4.10. The number of benzene rings is 1. The summed E-state index contributed by atoms with van der Waals surface area (Å²) in [7, 11) is 1.57. The summed E-state index contributed by atoms with van der Waals surface area (Å²) >= 11 is 7.41. The molecule has 25 heavy (non-hydrogen) atoms. The van der Waals surface area contributed by atoms with Gasteiger partial charge in [-0.3, -0.25) is 0 Å². The van der Waals surface area contributed by atoms with Crippen molar-refractivity contribution in [3.8, 4) is 5.75 Å². The van der Waals surface area contributed by atoms with Crippen molar-refractivity contribution >= 4 is 45.5 Å². The van der Waals surface area contributed by atoms with Crippen LogP contribution in [-0.4, -0.2) is 22.1 Å². The van der Waals surface area contributed by atoms with Crippen LogP contribution >= 0.6 is 23.4 Å². The first-order valence-corrected chi connectivity index (χ1v) is 8.73. The average molecular weight is 374 g/mol. The predicted octanol–water partition coefficient (Wildman–Crippen LogP) is 4.02. The maximum absolute atomic E-state index is 11.8. The van der Waals surface area contributed by atoms with E-state index in [4.69, 9.17) is 20.8 Å². The molecule has 3 aromatic heterocycles. The zero-order valence-electron chi connectivity index (χ0n) is 13.1. The number of thioether (sulfide) groups is 1. The summed E-state index contributed by atoms with van der Waals surface area (Å²) in [6.45, 7) is 0. The van der Waals surface area contributed by atoms with Crippen LogP contribution in [0.1, 0.15) is 5.56 Å². The van der Waals surface area contributed by atoms with Gasteiger partial charge in [-0.2, -0.15) is 0 Å². The predicted molar refractivity (Wildman–Crippen MR) is 97.5 cm³/mol. The Bertz CT molecular complexity index is 1140. The normalized spacial score (nSPS) is 11.3. The number of nitrogens with zero attached hydrogens (tertiary/aromatic N) is 2. The second-order valence-electron chi connectivity index (χ2n) is 5.31. The van der Waals surface area contributed by atoms with E-state index < -0.39 is 5.63 Å². The first-order valence-electron chi connectivity index (χ1n) is 7.37. The van der Waals surface area contributed by atoms with E-state index in [1.165, 1.54) is 17.8 Å². The molecule has 0 aliphatic rings. The van der Waals surface area contributed by atoms with Gasteiger partial charge in [0.15, 0.2) is 10.8 Å². The maximum atomic E-state index is 11.8. The van der Waals surface area contributed by atoms with Gasteiger partial charge in [0.05, 0.1) is 17.6 Å². The van der Waals surface area contributed by atoms with E-state index in [2.05, 4.69) is 15.0 Å². The van der Waals surface area contributed by atoms with Crippen LogP contribution in [0, 0.1) is 0 Å². The Balaban J connectivity index is 1.66. The largest absolute Gasteiger partial charge is 0.497 e. The van der Waals surface area contributed by atoms with Crippen molar-refractivity contribution in [1.82, 2.24) is 15.0 Å². The number of hydrogen-bond donors (Lipinski definition) is 1. The van der Waals surface area contributed by atoms with Crippen LogP contribution in [0.4, 0.5) is 0 Å². The van der Waals surface area contributed by atoms with Gasteiger partial charge in [-0.05, 0) is 23.8 Å². The number of aromatic nitrogens is 3. The molecule has 0 amide bonds. The third kappa shape index (κ3) is 3.20. The lowest BCUT2D eigenvalue weighted by molar-refractivity contribution is 0.414. The van der Waals surface area contributed by atoms with Gasteiger partial charge in [0.25, 0.3) is 0 Å². The van der Waals surface area contributed by atoms with Crippen LogP contribution in [0.2, 0.25) is 5.02 Å². The molecule has 0 saturated heterocycles. The molecular weight excluding hydrogens is 362 g/mol. The van der Waals surface area contributed by atoms with Crippen LogP contribution < -0.4 is 10.4 Å². The smallest absolute Gasteiger partial charge is 0.336 e. The molecule has 126 valence electrons. The minimum atomic E-state index is -0.394. The third-order valence-electron chi connectivity index (χ3n) is 3.68. The standard InChI is InChI=1S/C17H12ClN3O3S/c1-23-11-2-3-12-9(4-15(22)24-14(12)6-11)8-25-17-20-13-5-10(18)7-19-16(13)21-17/h2-7H,8H2,1H3,(H,19,20,21). The number of aromatic amines is 1. The van der Waals surface area contributed by atoms with E-state index in [0.717, 1.165) is 16.5 Å². The zero-order chi connectivity index (χ0) is 17.4. The molecule has 0 saturated carbocycles. The number of methoxy groups -OCH3 is 1. The number of ether oxygens (including phenoxy) is 1. The summed E-state index contributed by atoms with van der Waals surface area (Å²) in [5, 5.41) is 2.12. The number of imidazole rings is 1. The van der Waals surface area contributed by atoms with Crippen molar-refractivity contribution < 1.29 is 9.15 Å². The van der Waals surface area contributed by atoms with E-state index in [1.54, 1.807) is 25.4 Å². The number of hydrogen-bond acceptors (Lipinski definition) is 6. The molecule has 0 unspecified atom stereocenters. The number of rotatable bonds is 4. The summed E-state index contributed by atoms with van der Waals surface area (Å²) < 4.78 is 10.4. The van der Waals surface area contributed by atoms with E-state index >= 15 is 0 Å². The van der Waals surface area contributed by atoms with Gasteiger partial charge >= 0.3 is 5.63 Å². The molecule has 0 fully saturated rings. The van der Waals surface area contributed by atoms with Crippen molar-refractivity contribution in [3.05, 3.63) is 57.5 Å². The zero-order valence-corrected chi connectivity index (χ0v) is 14.6. The van der Waals surface area contributed by atoms with E-state index in [1.807, 2.05) is 12.1 Å². The van der Waals surface area contributed by atoms with E-state index in [9.17, 15) is 4.79 Å². The van der Waals surface area contributed by atoms with Crippen LogP contribution in [0.15, 0.2) is 50.9 Å². The van der Waals surface area contributed by atoms with E-state index in [0.29, 0.717) is 32.9 Å². The second kappa shape index (κ2) is 6.42. The lowest BCUT2D eigenvalue weighted by Crippen LogP contribution is -2.00. The highest BCUT2D eigenvalue weighted by Crippen LogP contribution is 2.28. The molecule has 0 bridgehead atoms. The molecule has 1 N–H and O–H groups in total. The molecule has 0 atom stereocenters. The van der Waals surface area contributed by atoms with Crippen molar-refractivity contribution in [2.24, 2.45) is 0 Å². The fourth-order valence-corrected chi connectivity index (χ4v) is 3.55. The lowest BCUT2D eigenvalue weighted by Gasteiger charge is -2.06. The van der Waals surface area contributed by atoms with Crippen LogP contribution in [0.3, 0.4) is 0 Å². The van der Waals surface area contributed by atoms with Gasteiger partial charge in [-0.1, -0.05) is 23.4 Å². The van der Waals surface area contributed by atoms with Gasteiger partial charge in [-0.15, -0.1) is 0 Å². The van der Waals surface area contributed by atoms with Crippen LogP contribution in [-0.2, 0) is 5.75 Å². The Morgan fingerprint density at radius 2 is 2.20 bits per heavy atom. The first-order chi connectivity index (χ1) is 12.1. The minimum absolute atomic E-state index is 0.394. The summed E-state index contributed by atoms with van der Waals surface area (Å²) in [4.78, 5) is 23.6. The first kappa shape index (κ1) is 16.0. The molecule has 0 aliphatic carbocycles. The Morgan fingerprint density at radius 3 is 3.04 bits per heavy atom. The molecule has 0 aliphatic heterocycles. The van der Waals surface area contributed by atoms with Crippen LogP contribution in [0.25, 0.3) is 22.1 Å². The van der Waals surface area contributed by atoms with E-state index in [-0.39, 0.29) is 0 Å². The number of halogens is 1. The SMILES string of the molecule is COc1ccc2c(CSc3nc4ncc(Cl)cc4[nH]3)cc(=O)oc2c1. The van der Waals surface area contributed by atoms with Crippen molar-refractivity contribution in [2.45, 2.75) is 10.9 Å². The summed E-state index contributed by atoms with van der Waals surface area (Å²) in [6, 6.07) is 8.70. The lowest BCUT2D eigenvalue weighted by atomic mass is 10.1. The molecule has 4 rings (SSSR count). The average Bonchev–Trinajstić information content (AvgIpc) is 3.00. The number of fused-ring (bicyclic) bond motifs is 2. The number of H-pyrrole nitrogens is 1. The number of pyridine rings is 1. The molecule has 1 aromatic carbocycles. The maximum Gasteiger partial charge on any atom is 0.336 e. The Hall–Kier alpha value is -2.51. The molecule has 0 spiro atoms. The van der Waals surface area contributed by atoms with Gasteiger partial charge in [0.2, 0.25) is 0 Å². The monoisotopic (exact) mass is 373 g/mol. The quantitative estimate of drug-likeness (QED) is 0.430. The highest BCUT2D eigenvalue weighted by atomic mass is 35.5. The summed E-state index contributed by atoms with van der Waals surface area (Å²) in [5.74, 6) is 1.20. The number of nitrogens with one attached hydrogen (secondary N) is 1. The molecule has 4 aromatic rings. The van der Waals surface area contributed by atoms with Crippen molar-refractivity contribution in [2.75, 3.05) is 7.11 Å². The van der Waals surface area contributed by atoms with Crippen molar-refractivity contribution in [3.63, 3.8) is 0 Å². The topological polar surface area (TPSA) is 81.0 Å². The molecule has 8 heteroatoms. The van der Waals surface area contributed by atoms with Crippen LogP contribution in [0.5, 0.6) is 5.75 Å². The molecule has 0 radical (unpaired) electrons. The Morgan fingerprint density at radius 1 is 1.32 bits per heavy atom. The second-order valence-corrected chi connectivity index (χ2v) is 6.71. The minimum Gasteiger partial charge on any atom is -0.497 e. The summed E-state index contributed by atoms with van der Waals surface area (Å²) in [5.41, 5.74) is 2.35. The highest BCUT2D eigenvalue weighted by molar-refractivity contribution is 7.98. The fraction of sp³-hybridized carbons (Fsp3) is 0.118. The van der Waals surface area contributed by atoms with Gasteiger partial charge in [0, 0.05) is 29.5 Å². The highest BCUT2D eigenvalue weighted by Gasteiger charge is 2.10. The Labute approximate surface area is 151 Å². The van der Waals surface area contributed by atoms with Gasteiger partial charge < -0.3 is 14.1 Å². The van der Waals surface area contributed by atoms with Crippen molar-refractivity contribution in [1.29, 1.82) is 0 Å². The molecule has 3 heterocycles. The van der Waals surface area contributed by atoms with Gasteiger partial charge in [0.1, 0.15) is 11.3 Å². The van der Waals surface area contributed by atoms with Gasteiger partial charge in [-0.25, -0.2) is 14.8 Å². The molecule has 6 nitrogen and oxygen atoms in total. The summed E-state index contributed by atoms with van der Waals surface area (Å²) in [6.07, 6.45) is 1.56. The third-order valence-corrected chi connectivity index (χ3v) is 4.81.